The molecule has 2 fully saturated rings. The summed E-state index contributed by atoms with van der Waals surface area (Å²) in [6, 6.07) is 5.36. The van der Waals surface area contributed by atoms with Gasteiger partial charge < -0.3 is 10.6 Å². The van der Waals surface area contributed by atoms with E-state index >= 15 is 0 Å². The summed E-state index contributed by atoms with van der Waals surface area (Å²) in [5.41, 5.74) is -0.839. The summed E-state index contributed by atoms with van der Waals surface area (Å²) < 4.78 is 23.5. The number of nitrogens with zero attached hydrogens (tertiary/aromatic N) is 1. The van der Waals surface area contributed by atoms with Gasteiger partial charge in [-0.3, -0.25) is 14.5 Å². The van der Waals surface area contributed by atoms with Crippen LogP contribution in [0.25, 0.3) is 0 Å². The average Bonchev–Trinajstić information content (AvgIpc) is 3.33. The third kappa shape index (κ3) is 3.23. The van der Waals surface area contributed by atoms with Gasteiger partial charge in [0.05, 0.1) is 10.6 Å². The molecule has 9 heteroatoms. The highest BCUT2D eigenvalue weighted by atomic mass is 32.2. The van der Waals surface area contributed by atoms with E-state index in [0.717, 1.165) is 24.0 Å². The van der Waals surface area contributed by atoms with Crippen molar-refractivity contribution in [2.75, 3.05) is 18.1 Å². The van der Waals surface area contributed by atoms with Gasteiger partial charge >= 0.3 is 6.03 Å². The van der Waals surface area contributed by atoms with Crippen LogP contribution in [0.4, 0.5) is 10.5 Å². The summed E-state index contributed by atoms with van der Waals surface area (Å²) in [5, 5.41) is 5.12. The fourth-order valence-electron chi connectivity index (χ4n) is 3.02. The summed E-state index contributed by atoms with van der Waals surface area (Å²) in [7, 11) is -3.52. The maximum absolute atomic E-state index is 12.5. The summed E-state index contributed by atoms with van der Waals surface area (Å²) in [5.74, 6) is -0.964. The van der Waals surface area contributed by atoms with Crippen molar-refractivity contribution in [3.63, 3.8) is 0 Å². The van der Waals surface area contributed by atoms with E-state index in [-0.39, 0.29) is 16.5 Å². The highest BCUT2D eigenvalue weighted by Crippen LogP contribution is 2.42. The zero-order valence-electron chi connectivity index (χ0n) is 13.9. The monoisotopic (exact) mass is 365 g/mol. The molecule has 2 N–H and O–H groups in total. The third-order valence-electron chi connectivity index (χ3n) is 4.56. The van der Waals surface area contributed by atoms with Gasteiger partial charge in [-0.1, -0.05) is 12.1 Å². The highest BCUT2D eigenvalue weighted by Gasteiger charge is 2.56. The second-order valence-electron chi connectivity index (χ2n) is 6.61. The van der Waals surface area contributed by atoms with Crippen molar-refractivity contribution in [3.8, 4) is 0 Å². The van der Waals surface area contributed by atoms with Gasteiger partial charge in [-0.25, -0.2) is 13.2 Å². The molecule has 0 radical (unpaired) electrons. The highest BCUT2D eigenvalue weighted by molar-refractivity contribution is 7.90. The van der Waals surface area contributed by atoms with Gasteiger partial charge in [0.25, 0.3) is 5.91 Å². The second kappa shape index (κ2) is 5.83. The molecule has 8 nitrogen and oxygen atoms in total. The molecule has 4 amide bonds. The quantitative estimate of drug-likeness (QED) is 0.748. The minimum Gasteiger partial charge on any atom is -0.323 e. The lowest BCUT2D eigenvalue weighted by Crippen LogP contribution is -2.46. The Hall–Kier alpha value is -2.42. The van der Waals surface area contributed by atoms with Crippen LogP contribution in [0.15, 0.2) is 29.2 Å². The predicted molar refractivity (Wildman–Crippen MR) is 89.6 cm³/mol. The van der Waals surface area contributed by atoms with Gasteiger partial charge in [-0.15, -0.1) is 0 Å². The summed E-state index contributed by atoms with van der Waals surface area (Å²) >= 11 is 0. The standard InChI is InChI=1S/C16H19N3O5S/c1-16(10-7-8-10)14(21)19(15(22)18-16)9-13(20)17-11-5-3-4-6-12(11)25(2,23)24/h3-6,10H,7-9H2,1-2H3,(H,17,20)(H,18,22)/t16-/m0/s1. The lowest BCUT2D eigenvalue weighted by Gasteiger charge is -2.20. The Bertz CT molecular complexity index is 862. The number of urea groups is 1. The molecule has 0 bridgehead atoms. The largest absolute Gasteiger partial charge is 0.325 e. The molecule has 0 aromatic heterocycles. The smallest absolute Gasteiger partial charge is 0.323 e. The van der Waals surface area contributed by atoms with Crippen LogP contribution < -0.4 is 10.6 Å². The molecule has 134 valence electrons. The Morgan fingerprint density at radius 3 is 2.56 bits per heavy atom. The first-order valence-corrected chi connectivity index (χ1v) is 9.75. The third-order valence-corrected chi connectivity index (χ3v) is 5.71. The number of carbonyl (C=O) groups excluding carboxylic acids is 3. The molecule has 1 aliphatic carbocycles. The molecule has 1 aromatic carbocycles. The Morgan fingerprint density at radius 1 is 1.32 bits per heavy atom. The van der Waals surface area contributed by atoms with E-state index < -0.39 is 39.8 Å². The van der Waals surface area contributed by atoms with Crippen LogP contribution in [-0.4, -0.2) is 49.5 Å². The zero-order chi connectivity index (χ0) is 18.4. The number of benzene rings is 1. The van der Waals surface area contributed by atoms with Crippen LogP contribution in [0.5, 0.6) is 0 Å². The SMILES string of the molecule is C[C@@]1(C2CC2)NC(=O)N(CC(=O)Nc2ccccc2S(C)(=O)=O)C1=O. The molecule has 25 heavy (non-hydrogen) atoms. The maximum Gasteiger partial charge on any atom is 0.325 e. The van der Waals surface area contributed by atoms with Gasteiger partial charge in [0.15, 0.2) is 9.84 Å². The fourth-order valence-corrected chi connectivity index (χ4v) is 3.87. The lowest BCUT2D eigenvalue weighted by molar-refractivity contribution is -0.134. The number of amides is 4. The number of rotatable bonds is 5. The predicted octanol–water partition coefficient (Wildman–Crippen LogP) is 0.749. The number of nitrogens with one attached hydrogen (secondary N) is 2. The Kier molecular flexibility index (Phi) is 4.06. The van der Waals surface area contributed by atoms with Gasteiger partial charge in [0.2, 0.25) is 5.91 Å². The summed E-state index contributed by atoms with van der Waals surface area (Å²) in [4.78, 5) is 37.7. The lowest BCUT2D eigenvalue weighted by atomic mass is 9.96. The first-order chi connectivity index (χ1) is 11.6. The van der Waals surface area contributed by atoms with Crippen LogP contribution >= 0.6 is 0 Å². The van der Waals surface area contributed by atoms with E-state index in [0.29, 0.717) is 0 Å². The first kappa shape index (κ1) is 17.4. The van der Waals surface area contributed by atoms with E-state index in [2.05, 4.69) is 10.6 Å². The Balaban J connectivity index is 1.74. The maximum atomic E-state index is 12.5. The van der Waals surface area contributed by atoms with Crippen molar-refractivity contribution >= 4 is 33.4 Å². The van der Waals surface area contributed by atoms with E-state index in [1.807, 2.05) is 0 Å². The normalized spacial score (nSPS) is 23.5. The van der Waals surface area contributed by atoms with Crippen molar-refractivity contribution in [1.82, 2.24) is 10.2 Å². The molecule has 1 saturated carbocycles. The summed E-state index contributed by atoms with van der Waals surface area (Å²) in [6.07, 6.45) is 2.77. The zero-order valence-corrected chi connectivity index (χ0v) is 14.7. The molecule has 2 aliphatic rings. The minimum absolute atomic E-state index is 0.0247. The molecule has 1 heterocycles. The molecule has 1 aromatic rings. The van der Waals surface area contributed by atoms with Crippen LogP contribution in [-0.2, 0) is 19.4 Å². The number of imide groups is 1. The second-order valence-corrected chi connectivity index (χ2v) is 8.60. The average molecular weight is 365 g/mol. The molecular weight excluding hydrogens is 346 g/mol. The molecule has 1 atom stereocenters. The summed E-state index contributed by atoms with van der Waals surface area (Å²) in [6.45, 7) is 1.20. The topological polar surface area (TPSA) is 113 Å². The number of sulfone groups is 1. The molecule has 1 saturated heterocycles. The van der Waals surface area contributed by atoms with Crippen LogP contribution in [0.3, 0.4) is 0 Å². The Labute approximate surface area is 145 Å². The van der Waals surface area contributed by atoms with Gasteiger partial charge in [-0.2, -0.15) is 0 Å². The van der Waals surface area contributed by atoms with Crippen LogP contribution in [0.1, 0.15) is 19.8 Å². The molecule has 0 spiro atoms. The molecule has 0 unspecified atom stereocenters. The molecule has 3 rings (SSSR count). The Morgan fingerprint density at radius 2 is 1.96 bits per heavy atom. The van der Waals surface area contributed by atoms with Gasteiger partial charge in [0.1, 0.15) is 12.1 Å². The molecule has 1 aliphatic heterocycles. The van der Waals surface area contributed by atoms with Crippen molar-refractivity contribution in [2.45, 2.75) is 30.2 Å². The number of hydrogen-bond donors (Lipinski definition) is 2. The van der Waals surface area contributed by atoms with Crippen LogP contribution in [0.2, 0.25) is 0 Å². The van der Waals surface area contributed by atoms with E-state index in [1.54, 1.807) is 19.1 Å². The van der Waals surface area contributed by atoms with Gasteiger partial charge in [0, 0.05) is 6.26 Å². The molecular formula is C16H19N3O5S. The van der Waals surface area contributed by atoms with Crippen molar-refractivity contribution < 1.29 is 22.8 Å². The van der Waals surface area contributed by atoms with E-state index in [4.69, 9.17) is 0 Å². The van der Waals surface area contributed by atoms with Gasteiger partial charge in [-0.05, 0) is 37.8 Å². The van der Waals surface area contributed by atoms with Crippen molar-refractivity contribution in [1.29, 1.82) is 0 Å². The van der Waals surface area contributed by atoms with Crippen molar-refractivity contribution in [3.05, 3.63) is 24.3 Å². The minimum atomic E-state index is -3.52. The number of carbonyl (C=O) groups is 3. The first-order valence-electron chi connectivity index (χ1n) is 7.86. The van der Waals surface area contributed by atoms with E-state index in [9.17, 15) is 22.8 Å². The van der Waals surface area contributed by atoms with E-state index in [1.165, 1.54) is 12.1 Å². The fraction of sp³-hybridized carbons (Fsp3) is 0.438. The van der Waals surface area contributed by atoms with Crippen molar-refractivity contribution in [2.24, 2.45) is 5.92 Å². The number of para-hydroxylation sites is 1. The number of anilines is 1. The van der Waals surface area contributed by atoms with Crippen LogP contribution in [0, 0.1) is 5.92 Å². The number of hydrogen-bond acceptors (Lipinski definition) is 5.